The second-order valence-corrected chi connectivity index (χ2v) is 3.66. The summed E-state index contributed by atoms with van der Waals surface area (Å²) in [5, 5.41) is 1.86. The molecule has 0 bridgehead atoms. The number of terminal acetylenes is 1. The number of likely N-dealkylation sites (N-methyl/N-ethyl adjacent to an activating group) is 1. The van der Waals surface area contributed by atoms with E-state index in [1.54, 1.807) is 0 Å². The largest absolute Gasteiger partial charge is 0.305 e. The molecule has 3 heteroatoms. The minimum Gasteiger partial charge on any atom is -0.305 e. The van der Waals surface area contributed by atoms with Crippen LogP contribution >= 0.6 is 0 Å². The van der Waals surface area contributed by atoms with Gasteiger partial charge < -0.3 is 4.90 Å². The SMILES string of the molecule is C#CN(CCC)NC1CCN(C)C1. The Morgan fingerprint density at radius 2 is 2.46 bits per heavy atom. The van der Waals surface area contributed by atoms with Gasteiger partial charge in [-0.05, 0) is 26.4 Å². The Balaban J connectivity index is 2.26. The maximum Gasteiger partial charge on any atom is 0.0427 e. The highest BCUT2D eigenvalue weighted by Crippen LogP contribution is 2.06. The molecule has 1 unspecified atom stereocenters. The van der Waals surface area contributed by atoms with E-state index in [1.807, 2.05) is 5.01 Å². The zero-order valence-electron chi connectivity index (χ0n) is 8.58. The average molecular weight is 181 g/mol. The van der Waals surface area contributed by atoms with Gasteiger partial charge in [-0.3, -0.25) is 5.01 Å². The Morgan fingerprint density at radius 1 is 1.69 bits per heavy atom. The molecule has 0 spiro atoms. The fraction of sp³-hybridized carbons (Fsp3) is 0.800. The van der Waals surface area contributed by atoms with Crippen molar-refractivity contribution in [3.8, 4) is 12.5 Å². The maximum absolute atomic E-state index is 5.37. The maximum atomic E-state index is 5.37. The van der Waals surface area contributed by atoms with Crippen molar-refractivity contribution >= 4 is 0 Å². The predicted octanol–water partition coefficient (Wildman–Crippen LogP) is 0.498. The number of nitrogens with zero attached hydrogens (tertiary/aromatic N) is 2. The van der Waals surface area contributed by atoms with Gasteiger partial charge in [0.05, 0.1) is 0 Å². The van der Waals surface area contributed by atoms with E-state index >= 15 is 0 Å². The lowest BCUT2D eigenvalue weighted by Gasteiger charge is -2.22. The van der Waals surface area contributed by atoms with Crippen molar-refractivity contribution in [2.24, 2.45) is 0 Å². The van der Waals surface area contributed by atoms with Crippen molar-refractivity contribution in [3.63, 3.8) is 0 Å². The van der Waals surface area contributed by atoms with Gasteiger partial charge >= 0.3 is 0 Å². The fourth-order valence-corrected chi connectivity index (χ4v) is 1.65. The lowest BCUT2D eigenvalue weighted by atomic mass is 10.3. The van der Waals surface area contributed by atoms with Gasteiger partial charge in [-0.2, -0.15) is 0 Å². The number of rotatable bonds is 4. The highest BCUT2D eigenvalue weighted by molar-refractivity contribution is 4.86. The van der Waals surface area contributed by atoms with Crippen molar-refractivity contribution in [2.45, 2.75) is 25.8 Å². The van der Waals surface area contributed by atoms with Crippen LogP contribution in [0.25, 0.3) is 0 Å². The van der Waals surface area contributed by atoms with E-state index in [1.165, 1.54) is 13.0 Å². The highest BCUT2D eigenvalue weighted by Gasteiger charge is 2.20. The first-order valence-electron chi connectivity index (χ1n) is 4.94. The summed E-state index contributed by atoms with van der Waals surface area (Å²) < 4.78 is 0. The summed E-state index contributed by atoms with van der Waals surface area (Å²) in [6.07, 6.45) is 7.65. The predicted molar refractivity (Wildman–Crippen MR) is 54.9 cm³/mol. The topological polar surface area (TPSA) is 18.5 Å². The van der Waals surface area contributed by atoms with Crippen molar-refractivity contribution in [1.82, 2.24) is 15.3 Å². The van der Waals surface area contributed by atoms with E-state index in [0.717, 1.165) is 19.5 Å². The molecular formula is C10H19N3. The van der Waals surface area contributed by atoms with Crippen molar-refractivity contribution < 1.29 is 0 Å². The Kier molecular flexibility index (Phi) is 4.07. The van der Waals surface area contributed by atoms with E-state index in [-0.39, 0.29) is 0 Å². The van der Waals surface area contributed by atoms with E-state index in [9.17, 15) is 0 Å². The van der Waals surface area contributed by atoms with Crippen LogP contribution in [0.15, 0.2) is 0 Å². The minimum atomic E-state index is 0.535. The Bertz CT molecular complexity index is 185. The number of hydrogen-bond acceptors (Lipinski definition) is 3. The molecule has 13 heavy (non-hydrogen) atoms. The van der Waals surface area contributed by atoms with Crippen LogP contribution in [0.2, 0.25) is 0 Å². The molecule has 74 valence electrons. The van der Waals surface area contributed by atoms with Crippen LogP contribution in [-0.4, -0.2) is 42.6 Å². The third-order valence-electron chi connectivity index (χ3n) is 2.33. The Labute approximate surface area is 81.1 Å². The molecule has 0 saturated carbocycles. The molecule has 1 rings (SSSR count). The van der Waals surface area contributed by atoms with Gasteiger partial charge in [0.2, 0.25) is 0 Å². The number of hydrogen-bond donors (Lipinski definition) is 1. The molecule has 1 saturated heterocycles. The summed E-state index contributed by atoms with van der Waals surface area (Å²) in [6, 6.07) is 3.18. The molecule has 0 aliphatic carbocycles. The molecule has 1 heterocycles. The summed E-state index contributed by atoms with van der Waals surface area (Å²) in [4.78, 5) is 2.32. The standard InChI is InChI=1S/C10H19N3/c1-4-7-13(5-2)11-10-6-8-12(3)9-10/h2,10-11H,4,6-9H2,1,3H3. The molecular weight excluding hydrogens is 162 g/mol. The van der Waals surface area contributed by atoms with Crippen LogP contribution in [0, 0.1) is 12.5 Å². The molecule has 0 amide bonds. The monoisotopic (exact) mass is 181 g/mol. The fourth-order valence-electron chi connectivity index (χ4n) is 1.65. The number of hydrazine groups is 1. The summed E-state index contributed by atoms with van der Waals surface area (Å²) in [6.45, 7) is 5.33. The lowest BCUT2D eigenvalue weighted by molar-refractivity contribution is 0.243. The van der Waals surface area contributed by atoms with E-state index < -0.39 is 0 Å². The summed E-state index contributed by atoms with van der Waals surface area (Å²) in [5.74, 6) is 0. The molecule has 0 radical (unpaired) electrons. The molecule has 1 atom stereocenters. The molecule has 1 aliphatic rings. The molecule has 1 N–H and O–H groups in total. The van der Waals surface area contributed by atoms with Gasteiger partial charge in [0, 0.05) is 25.2 Å². The summed E-state index contributed by atoms with van der Waals surface area (Å²) in [5.41, 5.74) is 3.35. The second-order valence-electron chi connectivity index (χ2n) is 3.66. The van der Waals surface area contributed by atoms with Crippen molar-refractivity contribution in [3.05, 3.63) is 0 Å². The van der Waals surface area contributed by atoms with E-state index in [2.05, 4.69) is 30.3 Å². The van der Waals surface area contributed by atoms with Crippen LogP contribution in [0.1, 0.15) is 19.8 Å². The molecule has 0 aromatic heterocycles. The van der Waals surface area contributed by atoms with Gasteiger partial charge in [0.25, 0.3) is 0 Å². The van der Waals surface area contributed by atoms with Crippen molar-refractivity contribution in [2.75, 3.05) is 26.7 Å². The molecule has 0 aromatic rings. The third-order valence-corrected chi connectivity index (χ3v) is 2.33. The Hall–Kier alpha value is -0.720. The van der Waals surface area contributed by atoms with E-state index in [4.69, 9.17) is 6.42 Å². The Morgan fingerprint density at radius 3 is 2.92 bits per heavy atom. The number of nitrogens with one attached hydrogen (secondary N) is 1. The van der Waals surface area contributed by atoms with E-state index in [0.29, 0.717) is 6.04 Å². The van der Waals surface area contributed by atoms with Gasteiger partial charge in [-0.25, -0.2) is 5.43 Å². The second kappa shape index (κ2) is 5.11. The van der Waals surface area contributed by atoms with Crippen LogP contribution in [-0.2, 0) is 0 Å². The molecule has 1 fully saturated rings. The number of likely N-dealkylation sites (tertiary alicyclic amines) is 1. The van der Waals surface area contributed by atoms with Gasteiger partial charge in [0.1, 0.15) is 0 Å². The van der Waals surface area contributed by atoms with Gasteiger partial charge in [-0.15, -0.1) is 0 Å². The summed E-state index contributed by atoms with van der Waals surface area (Å²) >= 11 is 0. The van der Waals surface area contributed by atoms with Crippen LogP contribution in [0.3, 0.4) is 0 Å². The first-order chi connectivity index (χ1) is 6.26. The molecule has 3 nitrogen and oxygen atoms in total. The first-order valence-corrected chi connectivity index (χ1v) is 4.94. The van der Waals surface area contributed by atoms with Crippen LogP contribution in [0.5, 0.6) is 0 Å². The lowest BCUT2D eigenvalue weighted by Crippen LogP contribution is -2.43. The molecule has 0 aromatic carbocycles. The minimum absolute atomic E-state index is 0.535. The third kappa shape index (κ3) is 3.25. The van der Waals surface area contributed by atoms with Crippen LogP contribution in [0.4, 0.5) is 0 Å². The van der Waals surface area contributed by atoms with Crippen molar-refractivity contribution in [1.29, 1.82) is 0 Å². The molecule has 1 aliphatic heterocycles. The smallest absolute Gasteiger partial charge is 0.0427 e. The summed E-state index contributed by atoms with van der Waals surface area (Å²) in [7, 11) is 2.14. The van der Waals surface area contributed by atoms with Gasteiger partial charge in [-0.1, -0.05) is 13.3 Å². The zero-order valence-corrected chi connectivity index (χ0v) is 8.58. The average Bonchev–Trinajstić information content (AvgIpc) is 2.50. The highest BCUT2D eigenvalue weighted by atomic mass is 15.5. The quantitative estimate of drug-likeness (QED) is 0.387. The first kappa shape index (κ1) is 10.4. The zero-order chi connectivity index (χ0) is 9.68. The normalized spacial score (nSPS) is 23.0. The van der Waals surface area contributed by atoms with Gasteiger partial charge in [0.15, 0.2) is 0 Å². The van der Waals surface area contributed by atoms with Crippen LogP contribution < -0.4 is 5.43 Å².